The number of nitrogens with zero attached hydrogens (tertiary/aromatic N) is 2. The minimum Gasteiger partial charge on any atom is -0.355 e. The fraction of sp³-hybridized carbons (Fsp3) is 0.357. The summed E-state index contributed by atoms with van der Waals surface area (Å²) in [6.45, 7) is 1.91. The molecule has 2 N–H and O–H groups in total. The number of nitrogens with one attached hydrogen (secondary N) is 2. The number of carbonyl (C=O) groups excluding carboxylic acids is 1. The van der Waals surface area contributed by atoms with Crippen LogP contribution in [0.1, 0.15) is 18.3 Å². The van der Waals surface area contributed by atoms with Crippen LogP contribution in [0.5, 0.6) is 0 Å². The molecule has 1 amide bonds. The number of benzene rings is 1. The molecule has 0 aliphatic rings. The molecule has 0 aliphatic heterocycles. The summed E-state index contributed by atoms with van der Waals surface area (Å²) in [6, 6.07) is 3.59. The van der Waals surface area contributed by atoms with E-state index in [1.54, 1.807) is 0 Å². The van der Waals surface area contributed by atoms with Crippen LogP contribution in [0.15, 0.2) is 23.4 Å². The van der Waals surface area contributed by atoms with Crippen LogP contribution in [-0.2, 0) is 28.4 Å². The van der Waals surface area contributed by atoms with Gasteiger partial charge in [-0.25, -0.2) is 13.8 Å². The van der Waals surface area contributed by atoms with Gasteiger partial charge in [-0.15, -0.1) is 5.10 Å². The molecule has 1 atom stereocenters. The van der Waals surface area contributed by atoms with Crippen molar-refractivity contribution in [2.45, 2.75) is 24.9 Å². The quantitative estimate of drug-likeness (QED) is 0.789. The minimum atomic E-state index is -1.66. The molecular formula is C14H16F2N4O2S. The van der Waals surface area contributed by atoms with Crippen molar-refractivity contribution >= 4 is 16.7 Å². The summed E-state index contributed by atoms with van der Waals surface area (Å²) < 4.78 is 38.8. The average Bonchev–Trinajstić information content (AvgIpc) is 2.99. The van der Waals surface area contributed by atoms with Gasteiger partial charge >= 0.3 is 0 Å². The maximum Gasteiger partial charge on any atom is 0.239 e. The standard InChI is InChI=1S/C14H16F2N4O2S/c1-2-12-18-14(20-19-12)23(22)8-13(21)17-7-6-9-10(15)4-3-5-11(9)16/h3-5H,2,6-8H2,1H3,(H,17,21)(H,18,19,20). The highest BCUT2D eigenvalue weighted by molar-refractivity contribution is 7.85. The van der Waals surface area contributed by atoms with Gasteiger partial charge in [-0.3, -0.25) is 14.1 Å². The molecule has 0 bridgehead atoms. The van der Waals surface area contributed by atoms with E-state index in [0.29, 0.717) is 12.2 Å². The predicted molar refractivity (Wildman–Crippen MR) is 80.1 cm³/mol. The first-order valence-electron chi connectivity index (χ1n) is 7.00. The third kappa shape index (κ3) is 4.65. The number of aromatic nitrogens is 3. The van der Waals surface area contributed by atoms with E-state index < -0.39 is 28.3 Å². The molecule has 1 aromatic heterocycles. The lowest BCUT2D eigenvalue weighted by molar-refractivity contribution is -0.118. The third-order valence-corrected chi connectivity index (χ3v) is 4.18. The molecular weight excluding hydrogens is 326 g/mol. The van der Waals surface area contributed by atoms with Gasteiger partial charge in [0.2, 0.25) is 11.1 Å². The van der Waals surface area contributed by atoms with E-state index in [0.717, 1.165) is 12.1 Å². The van der Waals surface area contributed by atoms with Gasteiger partial charge in [0.25, 0.3) is 0 Å². The van der Waals surface area contributed by atoms with Gasteiger partial charge < -0.3 is 5.32 Å². The molecule has 0 saturated heterocycles. The molecule has 124 valence electrons. The van der Waals surface area contributed by atoms with Gasteiger partial charge in [0.15, 0.2) is 0 Å². The van der Waals surface area contributed by atoms with Crippen molar-refractivity contribution in [1.82, 2.24) is 20.5 Å². The number of amides is 1. The molecule has 6 nitrogen and oxygen atoms in total. The first-order chi connectivity index (χ1) is 11.0. The highest BCUT2D eigenvalue weighted by Gasteiger charge is 2.15. The molecule has 0 spiro atoms. The van der Waals surface area contributed by atoms with E-state index in [-0.39, 0.29) is 29.4 Å². The lowest BCUT2D eigenvalue weighted by Gasteiger charge is -2.06. The van der Waals surface area contributed by atoms with E-state index in [2.05, 4.69) is 20.5 Å². The number of aromatic amines is 1. The normalized spacial score (nSPS) is 12.1. The van der Waals surface area contributed by atoms with Gasteiger partial charge in [-0.1, -0.05) is 13.0 Å². The molecule has 0 fully saturated rings. The Kier molecular flexibility index (Phi) is 5.91. The maximum atomic E-state index is 13.4. The van der Waals surface area contributed by atoms with Crippen molar-refractivity contribution in [2.24, 2.45) is 0 Å². The van der Waals surface area contributed by atoms with Crippen LogP contribution < -0.4 is 5.32 Å². The Morgan fingerprint density at radius 3 is 2.65 bits per heavy atom. The topological polar surface area (TPSA) is 87.7 Å². The largest absolute Gasteiger partial charge is 0.355 e. The molecule has 0 radical (unpaired) electrons. The maximum absolute atomic E-state index is 13.4. The smallest absolute Gasteiger partial charge is 0.239 e. The number of carbonyl (C=O) groups is 1. The van der Waals surface area contributed by atoms with Crippen molar-refractivity contribution in [3.63, 3.8) is 0 Å². The number of rotatable bonds is 7. The Morgan fingerprint density at radius 2 is 2.04 bits per heavy atom. The van der Waals surface area contributed by atoms with Crippen molar-refractivity contribution in [2.75, 3.05) is 12.3 Å². The van der Waals surface area contributed by atoms with E-state index in [1.165, 1.54) is 6.07 Å². The van der Waals surface area contributed by atoms with Crippen LogP contribution in [0.2, 0.25) is 0 Å². The van der Waals surface area contributed by atoms with Crippen LogP contribution in [0.3, 0.4) is 0 Å². The zero-order chi connectivity index (χ0) is 16.8. The highest BCUT2D eigenvalue weighted by Crippen LogP contribution is 2.12. The zero-order valence-electron chi connectivity index (χ0n) is 12.4. The summed E-state index contributed by atoms with van der Waals surface area (Å²) in [5.74, 6) is -1.53. The monoisotopic (exact) mass is 342 g/mol. The molecule has 0 saturated carbocycles. The Labute approximate surface area is 134 Å². The molecule has 1 aromatic carbocycles. The zero-order valence-corrected chi connectivity index (χ0v) is 13.3. The van der Waals surface area contributed by atoms with Gasteiger partial charge in [0, 0.05) is 18.5 Å². The highest BCUT2D eigenvalue weighted by atomic mass is 32.2. The van der Waals surface area contributed by atoms with Crippen molar-refractivity contribution in [3.05, 3.63) is 41.2 Å². The second kappa shape index (κ2) is 7.91. The van der Waals surface area contributed by atoms with Crippen molar-refractivity contribution in [1.29, 1.82) is 0 Å². The fourth-order valence-corrected chi connectivity index (χ4v) is 2.70. The second-order valence-electron chi connectivity index (χ2n) is 4.71. The van der Waals surface area contributed by atoms with E-state index in [9.17, 15) is 17.8 Å². The molecule has 1 unspecified atom stereocenters. The van der Waals surface area contributed by atoms with Crippen LogP contribution in [0.4, 0.5) is 8.78 Å². The van der Waals surface area contributed by atoms with Crippen molar-refractivity contribution in [3.8, 4) is 0 Å². The SMILES string of the molecule is CCc1nc(S(=O)CC(=O)NCCc2c(F)cccc2F)n[nH]1. The number of H-pyrrole nitrogens is 1. The first kappa shape index (κ1) is 17.2. The predicted octanol–water partition coefficient (Wildman–Crippen LogP) is 1.11. The van der Waals surface area contributed by atoms with Gasteiger partial charge in [-0.2, -0.15) is 0 Å². The summed E-state index contributed by atoms with van der Waals surface area (Å²) in [5, 5.41) is 8.94. The average molecular weight is 342 g/mol. The molecule has 0 aliphatic carbocycles. The van der Waals surface area contributed by atoms with Gasteiger partial charge in [0.1, 0.15) is 34.0 Å². The minimum absolute atomic E-state index is 0.0114. The summed E-state index contributed by atoms with van der Waals surface area (Å²) in [4.78, 5) is 15.7. The van der Waals surface area contributed by atoms with Crippen LogP contribution in [0.25, 0.3) is 0 Å². The Hall–Kier alpha value is -2.16. The first-order valence-corrected chi connectivity index (χ1v) is 8.32. The number of hydrogen-bond acceptors (Lipinski definition) is 4. The summed E-state index contributed by atoms with van der Waals surface area (Å²) in [7, 11) is -1.66. The Bertz CT molecular complexity index is 700. The third-order valence-electron chi connectivity index (χ3n) is 3.07. The van der Waals surface area contributed by atoms with E-state index in [4.69, 9.17) is 0 Å². The van der Waals surface area contributed by atoms with Gasteiger partial charge in [-0.05, 0) is 18.6 Å². The lowest BCUT2D eigenvalue weighted by atomic mass is 10.1. The van der Waals surface area contributed by atoms with E-state index >= 15 is 0 Å². The Balaban J connectivity index is 1.82. The number of hydrogen-bond donors (Lipinski definition) is 2. The molecule has 1 heterocycles. The van der Waals surface area contributed by atoms with Crippen molar-refractivity contribution < 1.29 is 17.8 Å². The lowest BCUT2D eigenvalue weighted by Crippen LogP contribution is -2.30. The summed E-state index contributed by atoms with van der Waals surface area (Å²) >= 11 is 0. The second-order valence-corrected chi connectivity index (χ2v) is 6.05. The van der Waals surface area contributed by atoms with Crippen LogP contribution in [-0.4, -0.2) is 37.6 Å². The molecule has 23 heavy (non-hydrogen) atoms. The molecule has 9 heteroatoms. The molecule has 2 aromatic rings. The van der Waals surface area contributed by atoms with Crippen LogP contribution >= 0.6 is 0 Å². The molecule has 2 rings (SSSR count). The summed E-state index contributed by atoms with van der Waals surface area (Å²) in [6.07, 6.45) is 0.627. The fourth-order valence-electron chi connectivity index (χ4n) is 1.87. The summed E-state index contributed by atoms with van der Waals surface area (Å²) in [5.41, 5.74) is -0.0875. The number of aryl methyl sites for hydroxylation is 1. The number of halogens is 2. The Morgan fingerprint density at radius 1 is 1.35 bits per heavy atom. The van der Waals surface area contributed by atoms with E-state index in [1.807, 2.05) is 6.92 Å². The van der Waals surface area contributed by atoms with Crippen LogP contribution in [0, 0.1) is 11.6 Å². The van der Waals surface area contributed by atoms with Gasteiger partial charge in [0.05, 0.1) is 0 Å².